The van der Waals surface area contributed by atoms with E-state index < -0.39 is 0 Å². The average molecular weight is 292 g/mol. The van der Waals surface area contributed by atoms with Crippen molar-refractivity contribution < 1.29 is 9.53 Å². The van der Waals surface area contributed by atoms with Crippen LogP contribution in [0.5, 0.6) is 0 Å². The van der Waals surface area contributed by atoms with E-state index in [0.717, 1.165) is 45.4 Å². The molecule has 2 aliphatic rings. The van der Waals surface area contributed by atoms with Crippen LogP contribution in [0.15, 0.2) is 12.3 Å². The maximum absolute atomic E-state index is 12.6. The number of amides is 1. The summed E-state index contributed by atoms with van der Waals surface area (Å²) in [5.41, 5.74) is 5.66. The minimum absolute atomic E-state index is 0.0619. The maximum Gasteiger partial charge on any atom is 0.228 e. The van der Waals surface area contributed by atoms with E-state index >= 15 is 0 Å². The highest BCUT2D eigenvalue weighted by molar-refractivity contribution is 5.79. The Kier molecular flexibility index (Phi) is 4.14. The first-order valence-corrected chi connectivity index (χ1v) is 7.90. The molecule has 1 aromatic heterocycles. The molecule has 0 aliphatic carbocycles. The summed E-state index contributed by atoms with van der Waals surface area (Å²) in [5.74, 6) is 0.895. The molecule has 6 nitrogen and oxygen atoms in total. The number of anilines is 1. The van der Waals surface area contributed by atoms with Crippen LogP contribution < -0.4 is 5.73 Å². The van der Waals surface area contributed by atoms with E-state index in [1.165, 1.54) is 0 Å². The molecule has 3 rings (SSSR count). The number of ether oxygens (including phenoxy) is 1. The molecule has 0 aromatic carbocycles. The number of carbonyl (C=O) groups is 1. The summed E-state index contributed by atoms with van der Waals surface area (Å²) in [6, 6.07) is 2.17. The Morgan fingerprint density at radius 3 is 2.81 bits per heavy atom. The number of carbonyl (C=O) groups excluding carboxylic acids is 1. The monoisotopic (exact) mass is 292 g/mol. The molecule has 2 aliphatic heterocycles. The fourth-order valence-corrected chi connectivity index (χ4v) is 3.47. The van der Waals surface area contributed by atoms with Crippen molar-refractivity contribution in [1.29, 1.82) is 0 Å². The number of nitrogens with two attached hydrogens (primary N) is 1. The lowest BCUT2D eigenvalue weighted by Crippen LogP contribution is -2.44. The lowest BCUT2D eigenvalue weighted by molar-refractivity contribution is -0.138. The zero-order chi connectivity index (χ0) is 14.8. The molecule has 2 atom stereocenters. The highest BCUT2D eigenvalue weighted by Crippen LogP contribution is 2.28. The molecule has 0 saturated carbocycles. The minimum Gasteiger partial charge on any atom is -0.382 e. The van der Waals surface area contributed by atoms with Crippen molar-refractivity contribution in [3.63, 3.8) is 0 Å². The Bertz CT molecular complexity index is 494. The van der Waals surface area contributed by atoms with Gasteiger partial charge in [-0.3, -0.25) is 9.48 Å². The largest absolute Gasteiger partial charge is 0.382 e. The van der Waals surface area contributed by atoms with Gasteiger partial charge in [0.15, 0.2) is 0 Å². The van der Waals surface area contributed by atoms with Gasteiger partial charge in [0.2, 0.25) is 5.91 Å². The molecule has 1 aromatic rings. The third kappa shape index (κ3) is 2.90. The molecule has 21 heavy (non-hydrogen) atoms. The molecule has 2 N–H and O–H groups in total. The summed E-state index contributed by atoms with van der Waals surface area (Å²) < 4.78 is 7.58. The van der Waals surface area contributed by atoms with Crippen LogP contribution in [0.25, 0.3) is 0 Å². The molecule has 0 radical (unpaired) electrons. The maximum atomic E-state index is 12.6. The normalized spacial score (nSPS) is 27.2. The molecule has 2 unspecified atom stereocenters. The Hall–Kier alpha value is -1.56. The third-order valence-electron chi connectivity index (χ3n) is 4.71. The summed E-state index contributed by atoms with van der Waals surface area (Å²) in [5, 5.41) is 4.28. The zero-order valence-corrected chi connectivity index (χ0v) is 12.6. The van der Waals surface area contributed by atoms with Crippen LogP contribution in [0.1, 0.15) is 38.6 Å². The van der Waals surface area contributed by atoms with Gasteiger partial charge in [-0.2, -0.15) is 5.10 Å². The molecule has 2 fully saturated rings. The second-order valence-electron chi connectivity index (χ2n) is 5.99. The van der Waals surface area contributed by atoms with Gasteiger partial charge in [-0.25, -0.2) is 0 Å². The fourth-order valence-electron chi connectivity index (χ4n) is 3.47. The molecule has 1 amide bonds. The second kappa shape index (κ2) is 6.05. The number of rotatable bonds is 3. The van der Waals surface area contributed by atoms with E-state index in [1.54, 1.807) is 0 Å². The van der Waals surface area contributed by atoms with Crippen molar-refractivity contribution in [2.75, 3.05) is 25.4 Å². The number of piperidine rings is 1. The van der Waals surface area contributed by atoms with E-state index in [4.69, 9.17) is 10.5 Å². The van der Waals surface area contributed by atoms with Crippen LogP contribution in [0.4, 0.5) is 5.82 Å². The smallest absolute Gasteiger partial charge is 0.228 e. The van der Waals surface area contributed by atoms with Gasteiger partial charge in [0.1, 0.15) is 5.82 Å². The molecular formula is C15H24N4O2. The van der Waals surface area contributed by atoms with Gasteiger partial charge in [0.25, 0.3) is 0 Å². The van der Waals surface area contributed by atoms with E-state index in [1.807, 2.05) is 21.8 Å². The Labute approximate surface area is 125 Å². The van der Waals surface area contributed by atoms with Crippen molar-refractivity contribution in [1.82, 2.24) is 14.7 Å². The van der Waals surface area contributed by atoms with Crippen LogP contribution in [0, 0.1) is 5.92 Å². The molecule has 6 heteroatoms. The van der Waals surface area contributed by atoms with Gasteiger partial charge in [-0.15, -0.1) is 0 Å². The van der Waals surface area contributed by atoms with Gasteiger partial charge in [-0.1, -0.05) is 6.92 Å². The van der Waals surface area contributed by atoms with Crippen LogP contribution in [-0.4, -0.2) is 46.4 Å². The average Bonchev–Trinajstić information content (AvgIpc) is 3.15. The first-order chi connectivity index (χ1) is 10.2. The van der Waals surface area contributed by atoms with Crippen molar-refractivity contribution in [3.05, 3.63) is 12.3 Å². The number of aromatic nitrogens is 2. The van der Waals surface area contributed by atoms with Crippen molar-refractivity contribution in [2.24, 2.45) is 5.92 Å². The molecular weight excluding hydrogens is 268 g/mol. The first kappa shape index (κ1) is 14.4. The minimum atomic E-state index is 0.0619. The van der Waals surface area contributed by atoms with Crippen molar-refractivity contribution in [2.45, 2.75) is 44.8 Å². The lowest BCUT2D eigenvalue weighted by atomic mass is 9.96. The summed E-state index contributed by atoms with van der Waals surface area (Å²) >= 11 is 0. The summed E-state index contributed by atoms with van der Waals surface area (Å²) in [7, 11) is 0. The molecule has 2 saturated heterocycles. The van der Waals surface area contributed by atoms with Crippen LogP contribution >= 0.6 is 0 Å². The van der Waals surface area contributed by atoms with Gasteiger partial charge < -0.3 is 15.4 Å². The molecule has 3 heterocycles. The molecule has 116 valence electrons. The molecule has 0 spiro atoms. The van der Waals surface area contributed by atoms with Gasteiger partial charge in [0, 0.05) is 25.9 Å². The Balaban J connectivity index is 1.57. The zero-order valence-electron chi connectivity index (χ0n) is 12.6. The SMILES string of the molecule is CCC1OCCC1C(=O)N1CCC(n2ccc(N)n2)CC1. The van der Waals surface area contributed by atoms with Crippen molar-refractivity contribution in [3.8, 4) is 0 Å². The van der Waals surface area contributed by atoms with Crippen LogP contribution in [-0.2, 0) is 9.53 Å². The van der Waals surface area contributed by atoms with Gasteiger partial charge in [0.05, 0.1) is 18.1 Å². The van der Waals surface area contributed by atoms with Gasteiger partial charge in [-0.05, 0) is 31.7 Å². The predicted octanol–water partition coefficient (Wildman–Crippen LogP) is 1.44. The quantitative estimate of drug-likeness (QED) is 0.915. The number of hydrogen-bond donors (Lipinski definition) is 1. The second-order valence-corrected chi connectivity index (χ2v) is 5.99. The summed E-state index contributed by atoms with van der Waals surface area (Å²) in [6.45, 7) is 4.41. The van der Waals surface area contributed by atoms with Crippen LogP contribution in [0.2, 0.25) is 0 Å². The highest BCUT2D eigenvalue weighted by atomic mass is 16.5. The lowest BCUT2D eigenvalue weighted by Gasteiger charge is -2.34. The highest BCUT2D eigenvalue weighted by Gasteiger charge is 2.36. The Morgan fingerprint density at radius 1 is 1.43 bits per heavy atom. The standard InChI is InChI=1S/C15H24N4O2/c1-2-13-12(6-10-21-13)15(20)18-7-3-11(4-8-18)19-9-5-14(16)17-19/h5,9,11-13H,2-4,6-8,10H2,1H3,(H2,16,17). The third-order valence-corrected chi connectivity index (χ3v) is 4.71. The van der Waals surface area contributed by atoms with Crippen LogP contribution in [0.3, 0.4) is 0 Å². The predicted molar refractivity (Wildman–Crippen MR) is 79.6 cm³/mol. The van der Waals surface area contributed by atoms with Gasteiger partial charge >= 0.3 is 0 Å². The van der Waals surface area contributed by atoms with E-state index in [2.05, 4.69) is 12.0 Å². The van der Waals surface area contributed by atoms with Crippen molar-refractivity contribution >= 4 is 11.7 Å². The number of nitrogens with zero attached hydrogens (tertiary/aromatic N) is 3. The van der Waals surface area contributed by atoms with E-state index in [-0.39, 0.29) is 17.9 Å². The number of likely N-dealkylation sites (tertiary alicyclic amines) is 1. The topological polar surface area (TPSA) is 73.4 Å². The number of nitrogen functional groups attached to an aromatic ring is 1. The number of hydrogen-bond acceptors (Lipinski definition) is 4. The summed E-state index contributed by atoms with van der Waals surface area (Å²) in [6.07, 6.45) is 5.71. The molecule has 0 bridgehead atoms. The van der Waals surface area contributed by atoms with E-state index in [0.29, 0.717) is 11.9 Å². The Morgan fingerprint density at radius 2 is 2.19 bits per heavy atom. The fraction of sp³-hybridized carbons (Fsp3) is 0.733. The van der Waals surface area contributed by atoms with E-state index in [9.17, 15) is 4.79 Å². The summed E-state index contributed by atoms with van der Waals surface area (Å²) in [4.78, 5) is 14.6. The first-order valence-electron chi connectivity index (χ1n) is 7.90.